The molecule has 0 radical (unpaired) electrons. The van der Waals surface area contributed by atoms with Crippen molar-refractivity contribution in [3.05, 3.63) is 57.8 Å². The Morgan fingerprint density at radius 2 is 1.80 bits per heavy atom. The molecule has 2 heteroatoms. The van der Waals surface area contributed by atoms with E-state index in [2.05, 4.69) is 74.8 Å². The van der Waals surface area contributed by atoms with E-state index in [-0.39, 0.29) is 5.54 Å². The Balaban J connectivity index is 2.14. The number of rotatable bonds is 5. The fourth-order valence-electron chi connectivity index (χ4n) is 2.30. The van der Waals surface area contributed by atoms with Gasteiger partial charge in [-0.3, -0.25) is 0 Å². The summed E-state index contributed by atoms with van der Waals surface area (Å²) in [7, 11) is 0. The lowest BCUT2D eigenvalue weighted by Gasteiger charge is -2.25. The second-order valence-electron chi connectivity index (χ2n) is 6.47. The maximum absolute atomic E-state index is 3.66. The molecule has 108 valence electrons. The number of hydrogen-bond donors (Lipinski definition) is 1. The van der Waals surface area contributed by atoms with Crippen molar-refractivity contribution < 1.29 is 0 Å². The maximum atomic E-state index is 3.66. The van der Waals surface area contributed by atoms with Crippen molar-refractivity contribution in [1.82, 2.24) is 5.32 Å². The van der Waals surface area contributed by atoms with Crippen LogP contribution in [0.3, 0.4) is 0 Å². The molecule has 0 spiro atoms. The highest BCUT2D eigenvalue weighted by atomic mass is 32.1. The van der Waals surface area contributed by atoms with E-state index in [4.69, 9.17) is 0 Å². The van der Waals surface area contributed by atoms with Crippen molar-refractivity contribution in [2.45, 2.75) is 45.6 Å². The van der Waals surface area contributed by atoms with Gasteiger partial charge < -0.3 is 5.32 Å². The van der Waals surface area contributed by atoms with Crippen molar-refractivity contribution in [3.8, 4) is 0 Å². The molecule has 1 aromatic heterocycles. The maximum Gasteiger partial charge on any atom is 0.00967 e. The first kappa shape index (κ1) is 15.3. The Bertz CT molecular complexity index is 522. The zero-order valence-corrected chi connectivity index (χ0v) is 13.8. The van der Waals surface area contributed by atoms with Gasteiger partial charge in [-0.2, -0.15) is 0 Å². The number of aryl methyl sites for hydroxylation is 1. The molecule has 0 saturated carbocycles. The van der Waals surface area contributed by atoms with E-state index in [0.717, 1.165) is 13.0 Å². The minimum Gasteiger partial charge on any atom is -0.311 e. The molecule has 0 saturated heterocycles. The predicted molar refractivity (Wildman–Crippen MR) is 89.7 cm³/mol. The van der Waals surface area contributed by atoms with Gasteiger partial charge in [0.05, 0.1) is 0 Å². The third kappa shape index (κ3) is 4.46. The van der Waals surface area contributed by atoms with Gasteiger partial charge in [0.1, 0.15) is 0 Å². The van der Waals surface area contributed by atoms with Gasteiger partial charge in [-0.1, -0.05) is 30.3 Å². The van der Waals surface area contributed by atoms with E-state index in [1.165, 1.54) is 16.0 Å². The van der Waals surface area contributed by atoms with E-state index in [1.54, 1.807) is 0 Å². The molecule has 1 nitrogen and oxygen atoms in total. The van der Waals surface area contributed by atoms with Crippen LogP contribution in [0.15, 0.2) is 41.8 Å². The lowest BCUT2D eigenvalue weighted by Crippen LogP contribution is -2.39. The lowest BCUT2D eigenvalue weighted by molar-refractivity contribution is 0.405. The second-order valence-corrected chi connectivity index (χ2v) is 7.47. The summed E-state index contributed by atoms with van der Waals surface area (Å²) in [5.74, 6) is 0.535. The Labute approximate surface area is 127 Å². The Morgan fingerprint density at radius 3 is 2.35 bits per heavy atom. The van der Waals surface area contributed by atoms with E-state index < -0.39 is 0 Å². The third-order valence-corrected chi connectivity index (χ3v) is 4.60. The van der Waals surface area contributed by atoms with Crippen LogP contribution in [0.25, 0.3) is 0 Å². The Kier molecular flexibility index (Phi) is 5.00. The molecule has 2 aromatic rings. The van der Waals surface area contributed by atoms with E-state index >= 15 is 0 Å². The zero-order valence-electron chi connectivity index (χ0n) is 12.9. The average molecular weight is 287 g/mol. The van der Waals surface area contributed by atoms with Gasteiger partial charge in [-0.05, 0) is 56.7 Å². The molecule has 20 heavy (non-hydrogen) atoms. The highest BCUT2D eigenvalue weighted by molar-refractivity contribution is 7.10. The number of benzene rings is 1. The monoisotopic (exact) mass is 287 g/mol. The van der Waals surface area contributed by atoms with Crippen LogP contribution in [0.4, 0.5) is 0 Å². The fourth-order valence-corrected chi connectivity index (χ4v) is 3.29. The predicted octanol–water partition coefficient (Wildman–Crippen LogP) is 4.77. The topological polar surface area (TPSA) is 12.0 Å². The standard InChI is InChI=1S/C18H25NS/c1-14-10-11-20-17(14)12-16(13-19-18(2,3)4)15-8-6-5-7-9-15/h5-11,16,19H,12-13H2,1-4H3. The molecule has 0 aliphatic rings. The van der Waals surface area contributed by atoms with Crippen LogP contribution in [0.2, 0.25) is 0 Å². The lowest BCUT2D eigenvalue weighted by atomic mass is 9.93. The van der Waals surface area contributed by atoms with E-state index in [0.29, 0.717) is 5.92 Å². The Morgan fingerprint density at radius 1 is 1.10 bits per heavy atom. The molecular weight excluding hydrogens is 262 g/mol. The van der Waals surface area contributed by atoms with Crippen molar-refractivity contribution in [2.75, 3.05) is 6.54 Å². The zero-order chi connectivity index (χ0) is 14.6. The van der Waals surface area contributed by atoms with Gasteiger partial charge >= 0.3 is 0 Å². The minimum absolute atomic E-state index is 0.164. The molecule has 0 aliphatic heterocycles. The normalized spacial score (nSPS) is 13.4. The van der Waals surface area contributed by atoms with Crippen LogP contribution < -0.4 is 5.32 Å². The summed E-state index contributed by atoms with van der Waals surface area (Å²) < 4.78 is 0. The van der Waals surface area contributed by atoms with E-state index in [1.807, 2.05) is 11.3 Å². The SMILES string of the molecule is Cc1ccsc1CC(CNC(C)(C)C)c1ccccc1. The molecule has 0 bridgehead atoms. The van der Waals surface area contributed by atoms with Crippen molar-refractivity contribution in [3.63, 3.8) is 0 Å². The van der Waals surface area contributed by atoms with Crippen LogP contribution in [0.1, 0.15) is 42.7 Å². The first-order valence-corrected chi connectivity index (χ1v) is 8.16. The van der Waals surface area contributed by atoms with Gasteiger partial charge in [0.15, 0.2) is 0 Å². The summed E-state index contributed by atoms with van der Waals surface area (Å²) in [6.45, 7) is 9.91. The third-order valence-electron chi connectivity index (χ3n) is 3.55. The fraction of sp³-hybridized carbons (Fsp3) is 0.444. The largest absolute Gasteiger partial charge is 0.311 e. The molecule has 1 aromatic carbocycles. The summed E-state index contributed by atoms with van der Waals surface area (Å²) in [6, 6.07) is 13.1. The van der Waals surface area contributed by atoms with Crippen LogP contribution in [-0.4, -0.2) is 12.1 Å². The van der Waals surface area contributed by atoms with Crippen molar-refractivity contribution >= 4 is 11.3 Å². The Hall–Kier alpha value is -1.12. The molecular formula is C18H25NS. The first-order valence-electron chi connectivity index (χ1n) is 7.28. The minimum atomic E-state index is 0.164. The van der Waals surface area contributed by atoms with Gasteiger partial charge in [0.2, 0.25) is 0 Å². The second kappa shape index (κ2) is 6.55. The smallest absolute Gasteiger partial charge is 0.00967 e. The molecule has 0 aliphatic carbocycles. The van der Waals surface area contributed by atoms with Crippen LogP contribution >= 0.6 is 11.3 Å². The van der Waals surface area contributed by atoms with Gasteiger partial charge in [0.25, 0.3) is 0 Å². The first-order chi connectivity index (χ1) is 9.46. The summed E-state index contributed by atoms with van der Waals surface area (Å²) in [5.41, 5.74) is 3.01. The van der Waals surface area contributed by atoms with Crippen LogP contribution in [0, 0.1) is 6.92 Å². The summed E-state index contributed by atoms with van der Waals surface area (Å²) in [6.07, 6.45) is 1.12. The quantitative estimate of drug-likeness (QED) is 0.835. The number of hydrogen-bond acceptors (Lipinski definition) is 2. The molecule has 2 rings (SSSR count). The van der Waals surface area contributed by atoms with Crippen LogP contribution in [-0.2, 0) is 6.42 Å². The van der Waals surface area contributed by atoms with Gasteiger partial charge in [-0.25, -0.2) is 0 Å². The highest BCUT2D eigenvalue weighted by Crippen LogP contribution is 2.26. The highest BCUT2D eigenvalue weighted by Gasteiger charge is 2.17. The molecule has 0 fully saturated rings. The molecule has 1 atom stereocenters. The molecule has 1 unspecified atom stereocenters. The van der Waals surface area contributed by atoms with Crippen molar-refractivity contribution in [1.29, 1.82) is 0 Å². The molecule has 1 heterocycles. The molecule has 1 N–H and O–H groups in total. The average Bonchev–Trinajstić information content (AvgIpc) is 2.80. The summed E-state index contributed by atoms with van der Waals surface area (Å²) in [5, 5.41) is 5.86. The molecule has 0 amide bonds. The van der Waals surface area contributed by atoms with Gasteiger partial charge in [-0.15, -0.1) is 11.3 Å². The number of nitrogens with one attached hydrogen (secondary N) is 1. The number of thiophene rings is 1. The van der Waals surface area contributed by atoms with Gasteiger partial charge in [0, 0.05) is 22.9 Å². The summed E-state index contributed by atoms with van der Waals surface area (Å²) >= 11 is 1.88. The van der Waals surface area contributed by atoms with Crippen molar-refractivity contribution in [2.24, 2.45) is 0 Å². The van der Waals surface area contributed by atoms with E-state index in [9.17, 15) is 0 Å². The summed E-state index contributed by atoms with van der Waals surface area (Å²) in [4.78, 5) is 1.51. The van der Waals surface area contributed by atoms with Crippen LogP contribution in [0.5, 0.6) is 0 Å².